The van der Waals surface area contributed by atoms with E-state index >= 15 is 0 Å². The zero-order chi connectivity index (χ0) is 17.6. The summed E-state index contributed by atoms with van der Waals surface area (Å²) in [5.74, 6) is 1.53. The van der Waals surface area contributed by atoms with Gasteiger partial charge in [0.1, 0.15) is 5.75 Å². The second kappa shape index (κ2) is 8.50. The predicted molar refractivity (Wildman–Crippen MR) is 102 cm³/mol. The van der Waals surface area contributed by atoms with E-state index in [2.05, 4.69) is 34.7 Å². The number of methoxy groups -OCH3 is 1. The van der Waals surface area contributed by atoms with E-state index in [1.165, 1.54) is 17.7 Å². The van der Waals surface area contributed by atoms with Crippen LogP contribution in [0.1, 0.15) is 41.0 Å². The van der Waals surface area contributed by atoms with Crippen molar-refractivity contribution in [3.8, 4) is 5.75 Å². The van der Waals surface area contributed by atoms with Gasteiger partial charge in [-0.15, -0.1) is 11.3 Å². The summed E-state index contributed by atoms with van der Waals surface area (Å²) in [5, 5.41) is 5.23. The third-order valence-electron chi connectivity index (χ3n) is 4.94. The topological polar surface area (TPSA) is 41.6 Å². The first kappa shape index (κ1) is 18.0. The number of nitrogens with one attached hydrogen (secondary N) is 1. The average molecular weight is 359 g/mol. The zero-order valence-corrected chi connectivity index (χ0v) is 15.7. The van der Waals surface area contributed by atoms with Crippen molar-refractivity contribution < 1.29 is 9.53 Å². The summed E-state index contributed by atoms with van der Waals surface area (Å²) < 4.78 is 5.15. The van der Waals surface area contributed by atoms with Crippen molar-refractivity contribution in [2.24, 2.45) is 5.92 Å². The van der Waals surface area contributed by atoms with Gasteiger partial charge in [0.2, 0.25) is 0 Å². The molecule has 4 nitrogen and oxygen atoms in total. The molecule has 1 aromatic carbocycles. The molecule has 1 aliphatic rings. The van der Waals surface area contributed by atoms with E-state index in [-0.39, 0.29) is 11.9 Å². The Kier molecular flexibility index (Phi) is 6.10. The summed E-state index contributed by atoms with van der Waals surface area (Å²) in [6, 6.07) is 11.8. The van der Waals surface area contributed by atoms with Gasteiger partial charge in [0.05, 0.1) is 13.2 Å². The molecule has 0 unspecified atom stereocenters. The Labute approximate surface area is 153 Å². The quantitative estimate of drug-likeness (QED) is 0.850. The number of amides is 1. The third-order valence-corrected chi connectivity index (χ3v) is 5.91. The number of carbonyl (C=O) groups is 1. The van der Waals surface area contributed by atoms with Crippen molar-refractivity contribution in [2.45, 2.75) is 25.8 Å². The first-order valence-corrected chi connectivity index (χ1v) is 9.75. The van der Waals surface area contributed by atoms with Crippen LogP contribution in [0.15, 0.2) is 41.8 Å². The van der Waals surface area contributed by atoms with Gasteiger partial charge >= 0.3 is 0 Å². The first-order chi connectivity index (χ1) is 12.2. The van der Waals surface area contributed by atoms with Gasteiger partial charge in [0.25, 0.3) is 5.91 Å². The summed E-state index contributed by atoms with van der Waals surface area (Å²) in [4.78, 5) is 16.3. The standard InChI is InChI=1S/C20H26N2O2S/c1-15-9-11-22(12-10-15)18(19-4-3-13-25-19)14-21-20(23)16-5-7-17(24-2)8-6-16/h3-8,13,15,18H,9-12,14H2,1-2H3,(H,21,23)/t18-/m0/s1. The molecule has 25 heavy (non-hydrogen) atoms. The van der Waals surface area contributed by atoms with E-state index in [9.17, 15) is 4.79 Å². The zero-order valence-electron chi connectivity index (χ0n) is 14.9. The Morgan fingerprint density at radius 1 is 1.28 bits per heavy atom. The summed E-state index contributed by atoms with van der Waals surface area (Å²) in [7, 11) is 1.63. The highest BCUT2D eigenvalue weighted by Gasteiger charge is 2.25. The number of likely N-dealkylation sites (tertiary alicyclic amines) is 1. The van der Waals surface area contributed by atoms with Crippen LogP contribution in [0, 0.1) is 5.92 Å². The normalized spacial score (nSPS) is 17.2. The molecule has 1 N–H and O–H groups in total. The maximum atomic E-state index is 12.5. The lowest BCUT2D eigenvalue weighted by Gasteiger charge is -2.36. The Morgan fingerprint density at radius 3 is 2.60 bits per heavy atom. The fourth-order valence-corrected chi connectivity index (χ4v) is 4.13. The second-order valence-electron chi connectivity index (χ2n) is 6.69. The van der Waals surface area contributed by atoms with Crippen LogP contribution in [0.2, 0.25) is 0 Å². The summed E-state index contributed by atoms with van der Waals surface area (Å²) >= 11 is 1.77. The minimum atomic E-state index is -0.0328. The van der Waals surface area contributed by atoms with Crippen molar-refractivity contribution in [1.29, 1.82) is 0 Å². The second-order valence-corrected chi connectivity index (χ2v) is 7.67. The maximum Gasteiger partial charge on any atom is 0.251 e. The van der Waals surface area contributed by atoms with Gasteiger partial charge in [0, 0.05) is 17.0 Å². The van der Waals surface area contributed by atoms with Crippen LogP contribution in [0.5, 0.6) is 5.75 Å². The van der Waals surface area contributed by atoms with Gasteiger partial charge in [-0.1, -0.05) is 13.0 Å². The molecular formula is C20H26N2O2S. The molecule has 1 amide bonds. The maximum absolute atomic E-state index is 12.5. The van der Waals surface area contributed by atoms with Crippen LogP contribution in [-0.2, 0) is 0 Å². The lowest BCUT2D eigenvalue weighted by molar-refractivity contribution is 0.0915. The van der Waals surface area contributed by atoms with Crippen molar-refractivity contribution in [3.05, 3.63) is 52.2 Å². The largest absolute Gasteiger partial charge is 0.497 e. The van der Waals surface area contributed by atoms with Gasteiger partial charge in [0.15, 0.2) is 0 Å². The minimum Gasteiger partial charge on any atom is -0.497 e. The number of rotatable bonds is 6. The minimum absolute atomic E-state index is 0.0328. The smallest absolute Gasteiger partial charge is 0.251 e. The Balaban J connectivity index is 1.64. The van der Waals surface area contributed by atoms with Gasteiger partial charge in [-0.3, -0.25) is 9.69 Å². The summed E-state index contributed by atoms with van der Waals surface area (Å²) in [5.41, 5.74) is 0.665. The molecule has 1 saturated heterocycles. The fraction of sp³-hybridized carbons (Fsp3) is 0.450. The van der Waals surface area contributed by atoms with E-state index < -0.39 is 0 Å². The van der Waals surface area contributed by atoms with Crippen LogP contribution >= 0.6 is 11.3 Å². The molecule has 0 aliphatic carbocycles. The molecule has 1 aromatic heterocycles. The van der Waals surface area contributed by atoms with Gasteiger partial charge in [-0.25, -0.2) is 0 Å². The van der Waals surface area contributed by atoms with E-state index in [0.29, 0.717) is 12.1 Å². The lowest BCUT2D eigenvalue weighted by Crippen LogP contribution is -2.41. The number of piperidine rings is 1. The molecule has 3 rings (SSSR count). The molecule has 1 fully saturated rings. The average Bonchev–Trinajstić information content (AvgIpc) is 3.17. The highest BCUT2D eigenvalue weighted by molar-refractivity contribution is 7.10. The lowest BCUT2D eigenvalue weighted by atomic mass is 9.97. The Hall–Kier alpha value is -1.85. The van der Waals surface area contributed by atoms with E-state index in [0.717, 1.165) is 24.8 Å². The van der Waals surface area contributed by atoms with Crippen LogP contribution in [0.3, 0.4) is 0 Å². The van der Waals surface area contributed by atoms with E-state index in [4.69, 9.17) is 4.74 Å². The van der Waals surface area contributed by atoms with Crippen molar-refractivity contribution in [2.75, 3.05) is 26.7 Å². The fourth-order valence-electron chi connectivity index (χ4n) is 3.26. The highest BCUT2D eigenvalue weighted by Crippen LogP contribution is 2.29. The number of nitrogens with zero attached hydrogens (tertiary/aromatic N) is 1. The molecule has 0 saturated carbocycles. The van der Waals surface area contributed by atoms with Crippen molar-refractivity contribution >= 4 is 17.2 Å². The number of thiophene rings is 1. The Morgan fingerprint density at radius 2 is 2.00 bits per heavy atom. The SMILES string of the molecule is COc1ccc(C(=O)NC[C@@H](c2cccs2)N2CCC(C)CC2)cc1. The number of ether oxygens (including phenoxy) is 1. The Bertz CT molecular complexity index is 662. The number of hydrogen-bond donors (Lipinski definition) is 1. The molecule has 5 heteroatoms. The molecule has 1 atom stereocenters. The molecule has 2 heterocycles. The monoisotopic (exact) mass is 358 g/mol. The van der Waals surface area contributed by atoms with Crippen LogP contribution in [-0.4, -0.2) is 37.6 Å². The number of carbonyl (C=O) groups excluding carboxylic acids is 1. The molecule has 0 spiro atoms. The molecule has 134 valence electrons. The van der Waals surface area contributed by atoms with Gasteiger partial charge in [-0.2, -0.15) is 0 Å². The van der Waals surface area contributed by atoms with Gasteiger partial charge < -0.3 is 10.1 Å². The molecule has 1 aliphatic heterocycles. The number of hydrogen-bond acceptors (Lipinski definition) is 4. The van der Waals surface area contributed by atoms with E-state index in [1.54, 1.807) is 30.6 Å². The molecular weight excluding hydrogens is 332 g/mol. The van der Waals surface area contributed by atoms with Gasteiger partial charge in [-0.05, 0) is 67.6 Å². The summed E-state index contributed by atoms with van der Waals surface area (Å²) in [6.07, 6.45) is 2.46. The van der Waals surface area contributed by atoms with E-state index in [1.807, 2.05) is 12.1 Å². The van der Waals surface area contributed by atoms with Crippen LogP contribution in [0.4, 0.5) is 0 Å². The van der Waals surface area contributed by atoms with Crippen molar-refractivity contribution in [3.63, 3.8) is 0 Å². The third kappa shape index (κ3) is 4.61. The highest BCUT2D eigenvalue weighted by atomic mass is 32.1. The molecule has 0 radical (unpaired) electrons. The van der Waals surface area contributed by atoms with Crippen LogP contribution < -0.4 is 10.1 Å². The first-order valence-electron chi connectivity index (χ1n) is 8.87. The summed E-state index contributed by atoms with van der Waals surface area (Å²) in [6.45, 7) is 5.16. The molecule has 0 bridgehead atoms. The molecule has 2 aromatic rings. The van der Waals surface area contributed by atoms with Crippen molar-refractivity contribution in [1.82, 2.24) is 10.2 Å². The predicted octanol–water partition coefficient (Wildman–Crippen LogP) is 3.96. The number of benzene rings is 1. The van der Waals surface area contributed by atoms with Crippen LogP contribution in [0.25, 0.3) is 0 Å².